The van der Waals surface area contributed by atoms with Gasteiger partial charge in [0.25, 0.3) is 5.56 Å². The molecule has 1 aromatic heterocycles. The molecule has 4 nitrogen and oxygen atoms in total. The molecule has 0 spiro atoms. The Kier molecular flexibility index (Phi) is 3.16. The number of fused-ring (bicyclic) bond motifs is 1. The van der Waals surface area contributed by atoms with Crippen LogP contribution in [0.3, 0.4) is 0 Å². The van der Waals surface area contributed by atoms with Crippen LogP contribution in [0.4, 0.5) is 13.2 Å². The fourth-order valence-electron chi connectivity index (χ4n) is 1.34. The predicted octanol–water partition coefficient (Wildman–Crippen LogP) is 2.20. The lowest BCUT2D eigenvalue weighted by Gasteiger charge is -2.08. The van der Waals surface area contributed by atoms with Gasteiger partial charge in [0.05, 0.1) is 27.1 Å². The van der Waals surface area contributed by atoms with Crippen LogP contribution in [-0.4, -0.2) is 19.7 Å². The maximum atomic E-state index is 12.4. The molecule has 0 amide bonds. The SMILES string of the molecule is O=c1[nH]cnc2cc(Cl)c(S(=O)C(F)(F)F)cc12. The number of H-pyrrole nitrogens is 1. The van der Waals surface area contributed by atoms with Gasteiger partial charge in [0, 0.05) is 0 Å². The Bertz CT molecular complexity index is 698. The lowest BCUT2D eigenvalue weighted by molar-refractivity contribution is -0.0384. The van der Waals surface area contributed by atoms with E-state index in [0.29, 0.717) is 0 Å². The molecule has 1 heterocycles. The third kappa shape index (κ3) is 2.25. The molecule has 96 valence electrons. The smallest absolute Gasteiger partial charge is 0.313 e. The van der Waals surface area contributed by atoms with Crippen LogP contribution in [0.2, 0.25) is 5.02 Å². The van der Waals surface area contributed by atoms with E-state index < -0.39 is 26.8 Å². The van der Waals surface area contributed by atoms with Crippen molar-refractivity contribution in [2.24, 2.45) is 0 Å². The van der Waals surface area contributed by atoms with E-state index in [4.69, 9.17) is 11.6 Å². The number of hydrogen-bond acceptors (Lipinski definition) is 3. The average molecular weight is 297 g/mol. The van der Waals surface area contributed by atoms with Gasteiger partial charge in [-0.25, -0.2) is 9.19 Å². The number of benzene rings is 1. The summed E-state index contributed by atoms with van der Waals surface area (Å²) in [5.74, 6) is 0. The number of halogens is 4. The second-order valence-electron chi connectivity index (χ2n) is 3.25. The average Bonchev–Trinajstić information content (AvgIpc) is 2.26. The third-order valence-corrected chi connectivity index (χ3v) is 3.69. The highest BCUT2D eigenvalue weighted by molar-refractivity contribution is 7.86. The van der Waals surface area contributed by atoms with E-state index in [2.05, 4.69) is 9.97 Å². The highest BCUT2D eigenvalue weighted by atomic mass is 35.5. The molecule has 0 aliphatic carbocycles. The molecule has 2 rings (SSSR count). The molecule has 0 aliphatic heterocycles. The van der Waals surface area contributed by atoms with Gasteiger partial charge >= 0.3 is 5.51 Å². The molecule has 0 saturated heterocycles. The van der Waals surface area contributed by atoms with Gasteiger partial charge in [-0.3, -0.25) is 4.79 Å². The first-order chi connectivity index (χ1) is 8.30. The highest BCUT2D eigenvalue weighted by Gasteiger charge is 2.39. The number of nitrogens with zero attached hydrogens (tertiary/aromatic N) is 1. The summed E-state index contributed by atoms with van der Waals surface area (Å²) in [5.41, 5.74) is -5.43. The summed E-state index contributed by atoms with van der Waals surface area (Å²) in [4.78, 5) is 16.7. The first-order valence-electron chi connectivity index (χ1n) is 4.46. The van der Waals surface area contributed by atoms with Gasteiger partial charge in [-0.15, -0.1) is 0 Å². The summed E-state index contributed by atoms with van der Waals surface area (Å²) in [5, 5.41) is -0.453. The van der Waals surface area contributed by atoms with Crippen molar-refractivity contribution in [2.75, 3.05) is 0 Å². The zero-order chi connectivity index (χ0) is 13.5. The van der Waals surface area contributed by atoms with E-state index in [1.807, 2.05) is 0 Å². The Labute approximate surface area is 105 Å². The molecular formula is C9H4ClF3N2O2S. The molecule has 0 saturated carbocycles. The zero-order valence-corrected chi connectivity index (χ0v) is 9.99. The van der Waals surface area contributed by atoms with Gasteiger partial charge in [-0.05, 0) is 12.1 Å². The predicted molar refractivity (Wildman–Crippen MR) is 59.8 cm³/mol. The normalized spacial score (nSPS) is 13.8. The van der Waals surface area contributed by atoms with Gasteiger partial charge < -0.3 is 4.98 Å². The van der Waals surface area contributed by atoms with Crippen LogP contribution in [-0.2, 0) is 10.8 Å². The number of aromatic amines is 1. The Hall–Kier alpha value is -1.41. The van der Waals surface area contributed by atoms with Crippen LogP contribution in [0.25, 0.3) is 10.9 Å². The molecule has 1 N–H and O–H groups in total. The molecule has 1 unspecified atom stereocenters. The minimum Gasteiger partial charge on any atom is -0.313 e. The molecular weight excluding hydrogens is 293 g/mol. The van der Waals surface area contributed by atoms with E-state index in [1.165, 1.54) is 0 Å². The Morgan fingerprint density at radius 2 is 2.00 bits per heavy atom. The lowest BCUT2D eigenvalue weighted by Crippen LogP contribution is -2.17. The number of hydrogen-bond donors (Lipinski definition) is 1. The van der Waals surface area contributed by atoms with Crippen molar-refractivity contribution in [1.82, 2.24) is 9.97 Å². The molecule has 9 heteroatoms. The maximum absolute atomic E-state index is 12.4. The number of rotatable bonds is 1. The van der Waals surface area contributed by atoms with E-state index >= 15 is 0 Å². The zero-order valence-electron chi connectivity index (χ0n) is 8.42. The van der Waals surface area contributed by atoms with Crippen LogP contribution in [0.15, 0.2) is 28.2 Å². The van der Waals surface area contributed by atoms with E-state index in [1.54, 1.807) is 0 Å². The van der Waals surface area contributed by atoms with Crippen molar-refractivity contribution in [2.45, 2.75) is 10.4 Å². The summed E-state index contributed by atoms with van der Waals surface area (Å²) in [7, 11) is -3.29. The van der Waals surface area contributed by atoms with Gasteiger partial charge in [0.15, 0.2) is 10.8 Å². The Morgan fingerprint density at radius 1 is 1.33 bits per heavy atom. The van der Waals surface area contributed by atoms with Crippen molar-refractivity contribution in [3.63, 3.8) is 0 Å². The number of alkyl halides is 3. The minimum absolute atomic E-state index is 0.102. The van der Waals surface area contributed by atoms with Gasteiger partial charge in [0.2, 0.25) is 0 Å². The molecule has 18 heavy (non-hydrogen) atoms. The second-order valence-corrected chi connectivity index (χ2v) is 5.09. The standard InChI is InChI=1S/C9H4ClF3N2O2S/c10-5-2-6-4(8(16)15-3-14-6)1-7(5)18(17)9(11,12)13/h1-3H,(H,14,15,16). The first kappa shape index (κ1) is 13.0. The molecule has 1 atom stereocenters. The van der Waals surface area contributed by atoms with Crippen molar-refractivity contribution in [3.8, 4) is 0 Å². The van der Waals surface area contributed by atoms with Crippen LogP contribution < -0.4 is 5.56 Å². The van der Waals surface area contributed by atoms with Crippen molar-refractivity contribution < 1.29 is 17.4 Å². The topological polar surface area (TPSA) is 62.8 Å². The monoisotopic (exact) mass is 296 g/mol. The van der Waals surface area contributed by atoms with Crippen LogP contribution in [0.1, 0.15) is 0 Å². The molecule has 2 aromatic rings. The summed E-state index contributed by atoms with van der Waals surface area (Å²) >= 11 is 5.61. The quantitative estimate of drug-likeness (QED) is 0.877. The summed E-state index contributed by atoms with van der Waals surface area (Å²) in [6, 6.07) is 1.91. The fraction of sp³-hybridized carbons (Fsp3) is 0.111. The van der Waals surface area contributed by atoms with Crippen molar-refractivity contribution >= 4 is 33.3 Å². The van der Waals surface area contributed by atoms with Crippen molar-refractivity contribution in [1.29, 1.82) is 0 Å². The second kappa shape index (κ2) is 4.36. The largest absolute Gasteiger partial charge is 0.475 e. The number of aromatic nitrogens is 2. The Morgan fingerprint density at radius 3 is 2.61 bits per heavy atom. The lowest BCUT2D eigenvalue weighted by atomic mass is 10.2. The van der Waals surface area contributed by atoms with Gasteiger partial charge in [0.1, 0.15) is 0 Å². The third-order valence-electron chi connectivity index (χ3n) is 2.10. The van der Waals surface area contributed by atoms with Crippen LogP contribution in [0.5, 0.6) is 0 Å². The van der Waals surface area contributed by atoms with Crippen LogP contribution in [0, 0.1) is 0 Å². The maximum Gasteiger partial charge on any atom is 0.475 e. The van der Waals surface area contributed by atoms with E-state index in [0.717, 1.165) is 18.5 Å². The fourth-order valence-corrected chi connectivity index (χ4v) is 2.41. The summed E-state index contributed by atoms with van der Waals surface area (Å²) < 4.78 is 48.3. The molecule has 0 bridgehead atoms. The first-order valence-corrected chi connectivity index (χ1v) is 5.99. The van der Waals surface area contributed by atoms with Crippen LogP contribution >= 0.6 is 11.6 Å². The van der Waals surface area contributed by atoms with E-state index in [9.17, 15) is 22.2 Å². The summed E-state index contributed by atoms with van der Waals surface area (Å²) in [6.45, 7) is 0. The minimum atomic E-state index is -4.94. The number of nitrogens with one attached hydrogen (secondary N) is 1. The van der Waals surface area contributed by atoms with Gasteiger partial charge in [-0.2, -0.15) is 13.2 Å². The van der Waals surface area contributed by atoms with Gasteiger partial charge in [-0.1, -0.05) is 11.6 Å². The molecule has 0 radical (unpaired) electrons. The Balaban J connectivity index is 2.74. The molecule has 0 fully saturated rings. The van der Waals surface area contributed by atoms with E-state index in [-0.39, 0.29) is 15.9 Å². The highest BCUT2D eigenvalue weighted by Crippen LogP contribution is 2.32. The molecule has 0 aliphatic rings. The summed E-state index contributed by atoms with van der Waals surface area (Å²) in [6.07, 6.45) is 1.10. The van der Waals surface area contributed by atoms with Crippen molar-refractivity contribution in [3.05, 3.63) is 33.8 Å². The molecule has 1 aromatic carbocycles.